The molecule has 1 N–H and O–H groups in total. The van der Waals surface area contributed by atoms with E-state index in [0.29, 0.717) is 13.0 Å². The van der Waals surface area contributed by atoms with Gasteiger partial charge in [-0.3, -0.25) is 9.69 Å². The summed E-state index contributed by atoms with van der Waals surface area (Å²) in [5, 5.41) is 3.01. The van der Waals surface area contributed by atoms with Crippen molar-refractivity contribution in [3.8, 4) is 5.75 Å². The number of likely N-dealkylation sites (N-methyl/N-ethyl adjacent to an activating group) is 1. The van der Waals surface area contributed by atoms with Crippen LogP contribution in [-0.2, 0) is 4.79 Å². The zero-order chi connectivity index (χ0) is 17.5. The summed E-state index contributed by atoms with van der Waals surface area (Å²) in [7, 11) is 5.59. The van der Waals surface area contributed by atoms with E-state index in [9.17, 15) is 4.79 Å². The highest BCUT2D eigenvalue weighted by Crippen LogP contribution is 2.22. The lowest BCUT2D eigenvalue weighted by atomic mass is 9.97. The summed E-state index contributed by atoms with van der Waals surface area (Å²) >= 11 is 0. The molecular formula is C19H26N2O3. The Morgan fingerprint density at radius 3 is 2.50 bits per heavy atom. The van der Waals surface area contributed by atoms with Crippen molar-refractivity contribution in [2.75, 3.05) is 27.7 Å². The van der Waals surface area contributed by atoms with Gasteiger partial charge in [0.1, 0.15) is 11.5 Å². The SMILES string of the molecule is COc1ccc(C(C)CC(=O)NCC(c2ccco2)N(C)C)cc1. The zero-order valence-electron chi connectivity index (χ0n) is 14.8. The van der Waals surface area contributed by atoms with Crippen LogP contribution < -0.4 is 10.1 Å². The van der Waals surface area contributed by atoms with Gasteiger partial charge in [0, 0.05) is 13.0 Å². The van der Waals surface area contributed by atoms with E-state index in [0.717, 1.165) is 17.1 Å². The fraction of sp³-hybridized carbons (Fsp3) is 0.421. The minimum Gasteiger partial charge on any atom is -0.497 e. The molecule has 0 saturated heterocycles. The molecule has 0 radical (unpaired) electrons. The highest BCUT2D eigenvalue weighted by Gasteiger charge is 2.18. The largest absolute Gasteiger partial charge is 0.497 e. The second-order valence-electron chi connectivity index (χ2n) is 6.18. The first-order valence-electron chi connectivity index (χ1n) is 8.11. The summed E-state index contributed by atoms with van der Waals surface area (Å²) in [6, 6.07) is 11.7. The van der Waals surface area contributed by atoms with E-state index in [4.69, 9.17) is 9.15 Å². The Kier molecular flexibility index (Phi) is 6.44. The average Bonchev–Trinajstić information content (AvgIpc) is 3.09. The molecule has 0 aliphatic carbocycles. The van der Waals surface area contributed by atoms with Crippen molar-refractivity contribution < 1.29 is 13.9 Å². The molecule has 1 amide bonds. The third-order valence-electron chi connectivity index (χ3n) is 4.16. The van der Waals surface area contributed by atoms with Gasteiger partial charge in [0.15, 0.2) is 0 Å². The zero-order valence-corrected chi connectivity index (χ0v) is 14.8. The van der Waals surface area contributed by atoms with Crippen LogP contribution in [0.2, 0.25) is 0 Å². The van der Waals surface area contributed by atoms with Crippen molar-refractivity contribution in [1.29, 1.82) is 0 Å². The number of rotatable bonds is 8. The van der Waals surface area contributed by atoms with E-state index in [-0.39, 0.29) is 17.9 Å². The Bertz CT molecular complexity index is 621. The van der Waals surface area contributed by atoms with E-state index >= 15 is 0 Å². The molecule has 5 nitrogen and oxygen atoms in total. The molecule has 0 spiro atoms. The van der Waals surface area contributed by atoms with Crippen molar-refractivity contribution in [3.05, 3.63) is 54.0 Å². The summed E-state index contributed by atoms with van der Waals surface area (Å²) in [6.45, 7) is 2.58. The minimum atomic E-state index is 0.0280. The van der Waals surface area contributed by atoms with Gasteiger partial charge >= 0.3 is 0 Å². The van der Waals surface area contributed by atoms with E-state index in [2.05, 4.69) is 12.2 Å². The molecule has 2 unspecified atom stereocenters. The van der Waals surface area contributed by atoms with E-state index in [1.807, 2.05) is 55.4 Å². The predicted octanol–water partition coefficient (Wildman–Crippen LogP) is 3.20. The van der Waals surface area contributed by atoms with Gasteiger partial charge in [-0.15, -0.1) is 0 Å². The molecule has 0 saturated carbocycles. The quantitative estimate of drug-likeness (QED) is 0.807. The van der Waals surface area contributed by atoms with Gasteiger partial charge in [-0.2, -0.15) is 0 Å². The molecular weight excluding hydrogens is 304 g/mol. The fourth-order valence-electron chi connectivity index (χ4n) is 2.63. The maximum absolute atomic E-state index is 12.3. The molecule has 2 atom stereocenters. The Morgan fingerprint density at radius 2 is 1.96 bits per heavy atom. The summed E-state index contributed by atoms with van der Waals surface area (Å²) in [6.07, 6.45) is 2.10. The molecule has 0 aliphatic rings. The van der Waals surface area contributed by atoms with Gasteiger partial charge < -0.3 is 14.5 Å². The lowest BCUT2D eigenvalue weighted by molar-refractivity contribution is -0.121. The Hall–Kier alpha value is -2.27. The van der Waals surface area contributed by atoms with E-state index < -0.39 is 0 Å². The summed E-state index contributed by atoms with van der Waals surface area (Å²) in [5.74, 6) is 1.86. The molecule has 2 aromatic rings. The number of nitrogens with one attached hydrogen (secondary N) is 1. The number of nitrogens with zero attached hydrogens (tertiary/aromatic N) is 1. The van der Waals surface area contributed by atoms with Crippen LogP contribution in [0.3, 0.4) is 0 Å². The third-order valence-corrected chi connectivity index (χ3v) is 4.16. The van der Waals surface area contributed by atoms with Crippen molar-refractivity contribution >= 4 is 5.91 Å². The van der Waals surface area contributed by atoms with Gasteiger partial charge in [-0.05, 0) is 49.8 Å². The lowest BCUT2D eigenvalue weighted by Crippen LogP contribution is -2.34. The monoisotopic (exact) mass is 330 g/mol. The third kappa shape index (κ3) is 4.86. The number of ether oxygens (including phenoxy) is 1. The molecule has 24 heavy (non-hydrogen) atoms. The highest BCUT2D eigenvalue weighted by atomic mass is 16.5. The molecule has 1 aromatic heterocycles. The lowest BCUT2D eigenvalue weighted by Gasteiger charge is -2.23. The molecule has 5 heteroatoms. The van der Waals surface area contributed by atoms with Crippen LogP contribution in [0.15, 0.2) is 47.1 Å². The van der Waals surface area contributed by atoms with Crippen LogP contribution in [-0.4, -0.2) is 38.6 Å². The first-order chi connectivity index (χ1) is 11.5. The number of hydrogen-bond acceptors (Lipinski definition) is 4. The standard InChI is InChI=1S/C19H26N2O3/c1-14(15-7-9-16(23-4)10-8-15)12-19(22)20-13-17(21(2)3)18-6-5-11-24-18/h5-11,14,17H,12-13H2,1-4H3,(H,20,22). The van der Waals surface area contributed by atoms with E-state index in [1.54, 1.807) is 13.4 Å². The van der Waals surface area contributed by atoms with Gasteiger partial charge in [-0.25, -0.2) is 0 Å². The number of methoxy groups -OCH3 is 1. The Labute approximate surface area is 143 Å². The maximum atomic E-state index is 12.3. The van der Waals surface area contributed by atoms with Crippen molar-refractivity contribution in [2.24, 2.45) is 0 Å². The first kappa shape index (κ1) is 18.1. The molecule has 0 bridgehead atoms. The summed E-state index contributed by atoms with van der Waals surface area (Å²) in [5.41, 5.74) is 1.13. The molecule has 0 aliphatic heterocycles. The number of carbonyl (C=O) groups is 1. The topological polar surface area (TPSA) is 54.7 Å². The van der Waals surface area contributed by atoms with Gasteiger partial charge in [0.05, 0.1) is 19.4 Å². The van der Waals surface area contributed by atoms with Crippen molar-refractivity contribution in [3.63, 3.8) is 0 Å². The van der Waals surface area contributed by atoms with Crippen LogP contribution in [0, 0.1) is 0 Å². The number of amides is 1. The molecule has 2 rings (SSSR count). The van der Waals surface area contributed by atoms with Crippen molar-refractivity contribution in [1.82, 2.24) is 10.2 Å². The number of carbonyl (C=O) groups excluding carboxylic acids is 1. The number of furan rings is 1. The second kappa shape index (κ2) is 8.55. The van der Waals surface area contributed by atoms with Gasteiger partial charge in [0.2, 0.25) is 5.91 Å². The van der Waals surface area contributed by atoms with Gasteiger partial charge in [0.25, 0.3) is 0 Å². The minimum absolute atomic E-state index is 0.0280. The summed E-state index contributed by atoms with van der Waals surface area (Å²) < 4.78 is 10.6. The predicted molar refractivity (Wildman–Crippen MR) is 94.2 cm³/mol. The van der Waals surface area contributed by atoms with Crippen LogP contribution in [0.1, 0.15) is 36.6 Å². The molecule has 1 aromatic carbocycles. The molecule has 130 valence electrons. The molecule has 1 heterocycles. The first-order valence-corrected chi connectivity index (χ1v) is 8.11. The maximum Gasteiger partial charge on any atom is 0.220 e. The van der Waals surface area contributed by atoms with Crippen LogP contribution in [0.5, 0.6) is 5.75 Å². The number of benzene rings is 1. The van der Waals surface area contributed by atoms with Crippen LogP contribution in [0.25, 0.3) is 0 Å². The number of hydrogen-bond donors (Lipinski definition) is 1. The Morgan fingerprint density at radius 1 is 1.25 bits per heavy atom. The van der Waals surface area contributed by atoms with Crippen molar-refractivity contribution in [2.45, 2.75) is 25.3 Å². The van der Waals surface area contributed by atoms with E-state index in [1.165, 1.54) is 0 Å². The summed E-state index contributed by atoms with van der Waals surface area (Å²) in [4.78, 5) is 14.3. The molecule has 0 fully saturated rings. The average molecular weight is 330 g/mol. The second-order valence-corrected chi connectivity index (χ2v) is 6.18. The smallest absolute Gasteiger partial charge is 0.220 e. The highest BCUT2D eigenvalue weighted by molar-refractivity contribution is 5.76. The van der Waals surface area contributed by atoms with Crippen LogP contribution in [0.4, 0.5) is 0 Å². The van der Waals surface area contributed by atoms with Crippen LogP contribution >= 0.6 is 0 Å². The Balaban J connectivity index is 1.87. The van der Waals surface area contributed by atoms with Gasteiger partial charge in [-0.1, -0.05) is 19.1 Å². The fourth-order valence-corrected chi connectivity index (χ4v) is 2.63. The normalized spacial score (nSPS) is 13.5.